The van der Waals surface area contributed by atoms with Crippen LogP contribution in [0.4, 0.5) is 0 Å². The maximum atomic E-state index is 11.1. The van der Waals surface area contributed by atoms with E-state index < -0.39 is 5.91 Å². The Hall–Kier alpha value is -1.44. The summed E-state index contributed by atoms with van der Waals surface area (Å²) >= 11 is 0. The van der Waals surface area contributed by atoms with E-state index >= 15 is 0 Å². The number of rotatable bonds is 7. The molecular formula is C10H18N4O3. The predicted molar refractivity (Wildman–Crippen MR) is 61.0 cm³/mol. The van der Waals surface area contributed by atoms with Crippen molar-refractivity contribution in [3.63, 3.8) is 0 Å². The van der Waals surface area contributed by atoms with E-state index in [-0.39, 0.29) is 5.69 Å². The number of nitrogens with two attached hydrogens (primary N) is 1. The summed E-state index contributed by atoms with van der Waals surface area (Å²) in [7, 11) is 1.93. The van der Waals surface area contributed by atoms with E-state index in [0.29, 0.717) is 25.5 Å². The number of carbonyl (C=O) groups is 1. The minimum Gasteiger partial charge on any atom is -0.380 e. The summed E-state index contributed by atoms with van der Waals surface area (Å²) in [5.41, 5.74) is 2.18. The molecule has 0 fully saturated rings. The van der Waals surface area contributed by atoms with Crippen LogP contribution < -0.4 is 11.3 Å². The number of nitrogens with one attached hydrogen (secondary N) is 1. The Balaban J connectivity index is 2.40. The highest BCUT2D eigenvalue weighted by Gasteiger charge is 2.12. The van der Waals surface area contributed by atoms with Gasteiger partial charge in [-0.05, 0) is 14.0 Å². The van der Waals surface area contributed by atoms with E-state index in [4.69, 9.17) is 15.1 Å². The molecule has 96 valence electrons. The SMILES string of the molecule is CCOCCN(C)Cc1cc(C(=O)NN)no1. The van der Waals surface area contributed by atoms with Crippen LogP contribution in [0.3, 0.4) is 0 Å². The molecule has 0 bridgehead atoms. The monoisotopic (exact) mass is 242 g/mol. The van der Waals surface area contributed by atoms with Crippen molar-refractivity contribution in [3.8, 4) is 0 Å². The van der Waals surface area contributed by atoms with Crippen molar-refractivity contribution in [2.45, 2.75) is 13.5 Å². The second-order valence-electron chi connectivity index (χ2n) is 3.59. The van der Waals surface area contributed by atoms with Gasteiger partial charge in [0.05, 0.1) is 13.2 Å². The molecule has 0 aliphatic heterocycles. The molecule has 0 unspecified atom stereocenters. The third kappa shape index (κ3) is 4.51. The van der Waals surface area contributed by atoms with Gasteiger partial charge in [0.2, 0.25) is 0 Å². The lowest BCUT2D eigenvalue weighted by Crippen LogP contribution is -2.30. The van der Waals surface area contributed by atoms with Crippen molar-refractivity contribution in [2.24, 2.45) is 5.84 Å². The van der Waals surface area contributed by atoms with Crippen molar-refractivity contribution in [2.75, 3.05) is 26.8 Å². The van der Waals surface area contributed by atoms with Gasteiger partial charge >= 0.3 is 0 Å². The number of hydrogen-bond acceptors (Lipinski definition) is 6. The van der Waals surface area contributed by atoms with Crippen LogP contribution in [0.2, 0.25) is 0 Å². The van der Waals surface area contributed by atoms with Gasteiger partial charge in [0.15, 0.2) is 11.5 Å². The number of ether oxygens (including phenoxy) is 1. The Morgan fingerprint density at radius 2 is 2.47 bits per heavy atom. The molecule has 1 aromatic rings. The molecule has 1 aromatic heterocycles. The highest BCUT2D eigenvalue weighted by molar-refractivity contribution is 5.91. The van der Waals surface area contributed by atoms with Crippen LogP contribution in [0.15, 0.2) is 10.6 Å². The van der Waals surface area contributed by atoms with Crippen molar-refractivity contribution in [1.82, 2.24) is 15.5 Å². The number of nitrogens with zero attached hydrogens (tertiary/aromatic N) is 2. The Kier molecular flexibility index (Phi) is 5.61. The fourth-order valence-corrected chi connectivity index (χ4v) is 1.28. The average molecular weight is 242 g/mol. The Labute approximate surface area is 99.8 Å². The standard InChI is InChI=1S/C10H18N4O3/c1-3-16-5-4-14(2)7-8-6-9(13-17-8)10(15)12-11/h6H,3-5,7,11H2,1-2H3,(H,12,15). The third-order valence-corrected chi connectivity index (χ3v) is 2.17. The van der Waals surface area contributed by atoms with Crippen LogP contribution in [-0.4, -0.2) is 42.8 Å². The van der Waals surface area contributed by atoms with Crippen molar-refractivity contribution < 1.29 is 14.1 Å². The molecule has 0 radical (unpaired) electrons. The van der Waals surface area contributed by atoms with E-state index in [1.165, 1.54) is 0 Å². The lowest BCUT2D eigenvalue weighted by molar-refractivity contribution is 0.0944. The smallest absolute Gasteiger partial charge is 0.287 e. The topological polar surface area (TPSA) is 93.6 Å². The molecule has 3 N–H and O–H groups in total. The van der Waals surface area contributed by atoms with E-state index in [1.54, 1.807) is 6.07 Å². The summed E-state index contributed by atoms with van der Waals surface area (Å²) in [6.07, 6.45) is 0. The number of amides is 1. The highest BCUT2D eigenvalue weighted by atomic mass is 16.5. The van der Waals surface area contributed by atoms with Gasteiger partial charge in [0.25, 0.3) is 5.91 Å². The van der Waals surface area contributed by atoms with Gasteiger partial charge in [0, 0.05) is 19.2 Å². The Morgan fingerprint density at radius 3 is 3.12 bits per heavy atom. The first kappa shape index (κ1) is 13.6. The molecule has 0 aliphatic carbocycles. The number of hydrazine groups is 1. The average Bonchev–Trinajstić information content (AvgIpc) is 2.77. The number of likely N-dealkylation sites (N-methyl/N-ethyl adjacent to an activating group) is 1. The molecule has 1 heterocycles. The lowest BCUT2D eigenvalue weighted by atomic mass is 10.3. The fraction of sp³-hybridized carbons (Fsp3) is 0.600. The second kappa shape index (κ2) is 7.00. The van der Waals surface area contributed by atoms with Crippen LogP contribution in [-0.2, 0) is 11.3 Å². The zero-order chi connectivity index (χ0) is 12.7. The summed E-state index contributed by atoms with van der Waals surface area (Å²) in [4.78, 5) is 13.1. The van der Waals surface area contributed by atoms with Gasteiger partial charge in [-0.15, -0.1) is 0 Å². The summed E-state index contributed by atoms with van der Waals surface area (Å²) in [6, 6.07) is 1.57. The van der Waals surface area contributed by atoms with Gasteiger partial charge in [-0.25, -0.2) is 5.84 Å². The molecule has 1 rings (SSSR count). The number of nitrogen functional groups attached to an aromatic ring is 1. The van der Waals surface area contributed by atoms with Gasteiger partial charge in [-0.1, -0.05) is 5.16 Å². The zero-order valence-corrected chi connectivity index (χ0v) is 10.1. The third-order valence-electron chi connectivity index (χ3n) is 2.17. The van der Waals surface area contributed by atoms with Gasteiger partial charge in [-0.2, -0.15) is 0 Å². The molecule has 7 heteroatoms. The van der Waals surface area contributed by atoms with E-state index in [1.807, 2.05) is 24.3 Å². The minimum atomic E-state index is -0.461. The molecular weight excluding hydrogens is 224 g/mol. The van der Waals surface area contributed by atoms with E-state index in [0.717, 1.165) is 6.54 Å². The van der Waals surface area contributed by atoms with Crippen LogP contribution >= 0.6 is 0 Å². The van der Waals surface area contributed by atoms with Crippen molar-refractivity contribution >= 4 is 5.91 Å². The number of hydrogen-bond donors (Lipinski definition) is 2. The molecule has 0 aromatic carbocycles. The predicted octanol–water partition coefficient (Wildman–Crippen LogP) is -0.254. The minimum absolute atomic E-state index is 0.181. The van der Waals surface area contributed by atoms with Crippen LogP contribution in [0.1, 0.15) is 23.2 Å². The van der Waals surface area contributed by atoms with E-state index in [2.05, 4.69) is 5.16 Å². The van der Waals surface area contributed by atoms with Crippen LogP contribution in [0.5, 0.6) is 0 Å². The van der Waals surface area contributed by atoms with Gasteiger partial charge < -0.3 is 9.26 Å². The maximum Gasteiger partial charge on any atom is 0.287 e. The molecule has 0 spiro atoms. The van der Waals surface area contributed by atoms with Gasteiger partial charge in [-0.3, -0.25) is 15.1 Å². The molecule has 0 saturated heterocycles. The summed E-state index contributed by atoms with van der Waals surface area (Å²) in [5, 5.41) is 3.61. The Morgan fingerprint density at radius 1 is 1.71 bits per heavy atom. The second-order valence-corrected chi connectivity index (χ2v) is 3.59. The molecule has 0 saturated carbocycles. The Bertz CT molecular complexity index is 353. The summed E-state index contributed by atoms with van der Waals surface area (Å²) in [6.45, 7) is 4.67. The van der Waals surface area contributed by atoms with E-state index in [9.17, 15) is 4.79 Å². The molecule has 1 amide bonds. The first-order valence-electron chi connectivity index (χ1n) is 5.40. The first-order chi connectivity index (χ1) is 8.17. The quantitative estimate of drug-likeness (QED) is 0.296. The normalized spacial score (nSPS) is 10.8. The summed E-state index contributed by atoms with van der Waals surface area (Å²) in [5.74, 6) is 5.14. The number of aromatic nitrogens is 1. The van der Waals surface area contributed by atoms with Crippen LogP contribution in [0.25, 0.3) is 0 Å². The largest absolute Gasteiger partial charge is 0.380 e. The molecule has 0 aliphatic rings. The fourth-order valence-electron chi connectivity index (χ4n) is 1.28. The van der Waals surface area contributed by atoms with Gasteiger partial charge in [0.1, 0.15) is 0 Å². The van der Waals surface area contributed by atoms with Crippen LogP contribution in [0, 0.1) is 0 Å². The molecule has 0 atom stereocenters. The maximum absolute atomic E-state index is 11.1. The molecule has 17 heavy (non-hydrogen) atoms. The van der Waals surface area contributed by atoms with Crippen molar-refractivity contribution in [1.29, 1.82) is 0 Å². The first-order valence-corrected chi connectivity index (χ1v) is 5.40. The summed E-state index contributed by atoms with van der Waals surface area (Å²) < 4.78 is 10.2. The highest BCUT2D eigenvalue weighted by Crippen LogP contribution is 2.06. The molecule has 7 nitrogen and oxygen atoms in total. The lowest BCUT2D eigenvalue weighted by Gasteiger charge is -2.13. The van der Waals surface area contributed by atoms with Crippen molar-refractivity contribution in [3.05, 3.63) is 17.5 Å². The zero-order valence-electron chi connectivity index (χ0n) is 10.1. The number of carbonyl (C=O) groups excluding carboxylic acids is 1.